The van der Waals surface area contributed by atoms with Crippen molar-refractivity contribution in [3.63, 3.8) is 0 Å². The molecule has 0 saturated carbocycles. The van der Waals surface area contributed by atoms with E-state index in [2.05, 4.69) is 4.98 Å². The zero-order valence-electron chi connectivity index (χ0n) is 12.7. The average Bonchev–Trinajstić information content (AvgIpc) is 2.57. The fraction of sp³-hybridized carbons (Fsp3) is 0.111. The van der Waals surface area contributed by atoms with Crippen LogP contribution >= 0.6 is 23.8 Å². The van der Waals surface area contributed by atoms with Crippen LogP contribution in [0.5, 0.6) is 5.75 Å². The third-order valence-corrected chi connectivity index (χ3v) is 4.05. The highest BCUT2D eigenvalue weighted by molar-refractivity contribution is 7.71. The standard InChI is InChI=1S/C18H15ClN2O2S/c19-15-5-1-4-14(9-15)12-23-16-6-2-3-13(10-16)11-21-17(22)7-8-20-18(21)24/h1-10H,11-12H2,(H,20,24). The van der Waals surface area contributed by atoms with Gasteiger partial charge >= 0.3 is 0 Å². The number of aromatic amines is 1. The van der Waals surface area contributed by atoms with Crippen LogP contribution in [0.15, 0.2) is 65.6 Å². The number of nitrogens with zero attached hydrogens (tertiary/aromatic N) is 1. The van der Waals surface area contributed by atoms with Crippen LogP contribution in [-0.2, 0) is 13.2 Å². The van der Waals surface area contributed by atoms with Gasteiger partial charge in [0.2, 0.25) is 0 Å². The molecule has 0 aliphatic rings. The number of nitrogens with one attached hydrogen (secondary N) is 1. The summed E-state index contributed by atoms with van der Waals surface area (Å²) in [4.78, 5) is 14.8. The summed E-state index contributed by atoms with van der Waals surface area (Å²) < 4.78 is 7.71. The van der Waals surface area contributed by atoms with Gasteiger partial charge < -0.3 is 9.72 Å². The Morgan fingerprint density at radius 1 is 1.08 bits per heavy atom. The van der Waals surface area contributed by atoms with Gasteiger partial charge in [-0.1, -0.05) is 35.9 Å². The summed E-state index contributed by atoms with van der Waals surface area (Å²) in [5.41, 5.74) is 1.80. The number of H-pyrrole nitrogens is 1. The Balaban J connectivity index is 1.75. The molecule has 4 nitrogen and oxygen atoms in total. The van der Waals surface area contributed by atoms with Gasteiger partial charge in [-0.2, -0.15) is 0 Å². The molecule has 0 aliphatic carbocycles. The molecule has 0 bridgehead atoms. The highest BCUT2D eigenvalue weighted by Crippen LogP contribution is 2.17. The summed E-state index contributed by atoms with van der Waals surface area (Å²) in [6, 6.07) is 16.6. The van der Waals surface area contributed by atoms with Crippen LogP contribution in [0.3, 0.4) is 0 Å². The minimum Gasteiger partial charge on any atom is -0.489 e. The quantitative estimate of drug-likeness (QED) is 0.696. The van der Waals surface area contributed by atoms with E-state index < -0.39 is 0 Å². The molecule has 1 N–H and O–H groups in total. The van der Waals surface area contributed by atoms with Crippen molar-refractivity contribution < 1.29 is 4.74 Å². The first-order valence-electron chi connectivity index (χ1n) is 7.36. The molecule has 0 saturated heterocycles. The van der Waals surface area contributed by atoms with Gasteiger partial charge in [-0.25, -0.2) is 0 Å². The molecule has 1 aromatic heterocycles. The minimum absolute atomic E-state index is 0.135. The van der Waals surface area contributed by atoms with Crippen molar-refractivity contribution in [2.24, 2.45) is 0 Å². The normalized spacial score (nSPS) is 10.5. The van der Waals surface area contributed by atoms with Gasteiger partial charge in [-0.05, 0) is 47.6 Å². The number of halogens is 1. The van der Waals surface area contributed by atoms with E-state index in [4.69, 9.17) is 28.6 Å². The summed E-state index contributed by atoms with van der Waals surface area (Å²) in [7, 11) is 0. The molecule has 6 heteroatoms. The number of aromatic nitrogens is 2. The summed E-state index contributed by atoms with van der Waals surface area (Å²) >= 11 is 11.1. The second kappa shape index (κ2) is 7.47. The third kappa shape index (κ3) is 4.13. The van der Waals surface area contributed by atoms with Crippen LogP contribution in [0.25, 0.3) is 0 Å². The van der Waals surface area contributed by atoms with E-state index in [1.165, 1.54) is 10.6 Å². The molecule has 0 aliphatic heterocycles. The fourth-order valence-corrected chi connectivity index (χ4v) is 2.75. The molecule has 0 spiro atoms. The molecular weight excluding hydrogens is 344 g/mol. The number of ether oxygens (including phenoxy) is 1. The van der Waals surface area contributed by atoms with E-state index in [0.29, 0.717) is 22.9 Å². The number of rotatable bonds is 5. The van der Waals surface area contributed by atoms with Crippen molar-refractivity contribution >= 4 is 23.8 Å². The van der Waals surface area contributed by atoms with Gasteiger partial charge in [0.15, 0.2) is 4.77 Å². The average molecular weight is 359 g/mol. The second-order valence-corrected chi connectivity index (χ2v) is 6.10. The van der Waals surface area contributed by atoms with E-state index in [1.807, 2.05) is 48.5 Å². The largest absolute Gasteiger partial charge is 0.489 e. The minimum atomic E-state index is -0.135. The van der Waals surface area contributed by atoms with Gasteiger partial charge in [0.1, 0.15) is 12.4 Å². The molecule has 1 heterocycles. The van der Waals surface area contributed by atoms with E-state index in [1.54, 1.807) is 6.20 Å². The van der Waals surface area contributed by atoms with Crippen LogP contribution in [0.2, 0.25) is 5.02 Å². The Morgan fingerprint density at radius 2 is 1.88 bits per heavy atom. The second-order valence-electron chi connectivity index (χ2n) is 5.27. The maximum absolute atomic E-state index is 11.9. The lowest BCUT2D eigenvalue weighted by Crippen LogP contribution is -2.20. The van der Waals surface area contributed by atoms with Crippen LogP contribution in [0.4, 0.5) is 0 Å². The predicted molar refractivity (Wildman–Crippen MR) is 97.2 cm³/mol. The molecule has 0 unspecified atom stereocenters. The van der Waals surface area contributed by atoms with Crippen molar-refractivity contribution in [1.82, 2.24) is 9.55 Å². The van der Waals surface area contributed by atoms with Crippen LogP contribution < -0.4 is 10.3 Å². The smallest absolute Gasteiger partial charge is 0.254 e. The van der Waals surface area contributed by atoms with Gasteiger partial charge in [0, 0.05) is 17.3 Å². The van der Waals surface area contributed by atoms with Crippen molar-refractivity contribution in [3.05, 3.63) is 92.1 Å². The number of hydrogen-bond donors (Lipinski definition) is 1. The van der Waals surface area contributed by atoms with Gasteiger partial charge in [0.25, 0.3) is 5.56 Å². The molecule has 0 fully saturated rings. The lowest BCUT2D eigenvalue weighted by atomic mass is 10.2. The van der Waals surface area contributed by atoms with E-state index in [9.17, 15) is 4.79 Å². The van der Waals surface area contributed by atoms with Gasteiger partial charge in [-0.3, -0.25) is 9.36 Å². The van der Waals surface area contributed by atoms with Gasteiger partial charge in [-0.15, -0.1) is 0 Å². The first-order valence-corrected chi connectivity index (χ1v) is 8.15. The van der Waals surface area contributed by atoms with Crippen LogP contribution in [-0.4, -0.2) is 9.55 Å². The zero-order valence-corrected chi connectivity index (χ0v) is 14.3. The Hall–Kier alpha value is -2.37. The maximum Gasteiger partial charge on any atom is 0.254 e. The maximum atomic E-state index is 11.9. The summed E-state index contributed by atoms with van der Waals surface area (Å²) in [5, 5.41) is 0.683. The molecule has 0 radical (unpaired) electrons. The molecule has 3 aromatic rings. The topological polar surface area (TPSA) is 47.0 Å². The molecule has 122 valence electrons. The van der Waals surface area contributed by atoms with E-state index in [0.717, 1.165) is 16.9 Å². The third-order valence-electron chi connectivity index (χ3n) is 3.48. The van der Waals surface area contributed by atoms with E-state index >= 15 is 0 Å². The zero-order chi connectivity index (χ0) is 16.9. The summed E-state index contributed by atoms with van der Waals surface area (Å²) in [6.07, 6.45) is 1.55. The Kier molecular flexibility index (Phi) is 5.13. The lowest BCUT2D eigenvalue weighted by molar-refractivity contribution is 0.306. The fourth-order valence-electron chi connectivity index (χ4n) is 2.31. The molecule has 2 aromatic carbocycles. The predicted octanol–water partition coefficient (Wildman–Crippen LogP) is 4.19. The SMILES string of the molecule is O=c1cc[nH]c(=S)n1Cc1cccc(OCc2cccc(Cl)c2)c1. The molecule has 0 atom stereocenters. The lowest BCUT2D eigenvalue weighted by Gasteiger charge is -2.10. The Bertz CT molecular complexity index is 937. The number of benzene rings is 2. The Labute approximate surface area is 149 Å². The summed E-state index contributed by atoms with van der Waals surface area (Å²) in [5.74, 6) is 0.728. The van der Waals surface area contributed by atoms with Gasteiger partial charge in [0.05, 0.1) is 6.54 Å². The van der Waals surface area contributed by atoms with Crippen molar-refractivity contribution in [2.45, 2.75) is 13.2 Å². The molecule has 3 rings (SSSR count). The molecule has 24 heavy (non-hydrogen) atoms. The highest BCUT2D eigenvalue weighted by atomic mass is 35.5. The van der Waals surface area contributed by atoms with E-state index in [-0.39, 0.29) is 5.56 Å². The summed E-state index contributed by atoms with van der Waals surface area (Å²) in [6.45, 7) is 0.818. The highest BCUT2D eigenvalue weighted by Gasteiger charge is 2.02. The Morgan fingerprint density at radius 3 is 2.67 bits per heavy atom. The van der Waals surface area contributed by atoms with Crippen molar-refractivity contribution in [3.8, 4) is 5.75 Å². The molecule has 0 amide bonds. The van der Waals surface area contributed by atoms with Crippen molar-refractivity contribution in [2.75, 3.05) is 0 Å². The van der Waals surface area contributed by atoms with Crippen LogP contribution in [0.1, 0.15) is 11.1 Å². The monoisotopic (exact) mass is 358 g/mol. The first kappa shape index (κ1) is 16.5. The number of hydrogen-bond acceptors (Lipinski definition) is 3. The van der Waals surface area contributed by atoms with Crippen molar-refractivity contribution in [1.29, 1.82) is 0 Å². The van der Waals surface area contributed by atoms with Crippen LogP contribution in [0, 0.1) is 4.77 Å². The first-order chi connectivity index (χ1) is 11.6. The molecular formula is C18H15ClN2O2S.